The van der Waals surface area contributed by atoms with Crippen LogP contribution in [0.4, 0.5) is 19.0 Å². The Balaban J connectivity index is 1.41. The van der Waals surface area contributed by atoms with Crippen molar-refractivity contribution >= 4 is 11.7 Å². The second kappa shape index (κ2) is 8.97. The summed E-state index contributed by atoms with van der Waals surface area (Å²) in [5.41, 5.74) is 0.565. The largest absolute Gasteiger partial charge is 0.410 e. The average Bonchev–Trinajstić information content (AvgIpc) is 3.12. The molecule has 1 N–H and O–H groups in total. The van der Waals surface area contributed by atoms with Crippen LogP contribution in [0.3, 0.4) is 0 Å². The number of fused-ring (bicyclic) bond motifs is 1. The number of nitrogens with zero attached hydrogens (tertiary/aromatic N) is 4. The number of ether oxygens (including phenoxy) is 1. The Labute approximate surface area is 180 Å². The zero-order valence-electron chi connectivity index (χ0n) is 18.2. The van der Waals surface area contributed by atoms with Gasteiger partial charge in [-0.2, -0.15) is 18.3 Å². The van der Waals surface area contributed by atoms with Gasteiger partial charge in [0.05, 0.1) is 18.9 Å². The van der Waals surface area contributed by atoms with E-state index in [1.165, 1.54) is 0 Å². The molecule has 0 aliphatic carbocycles. The lowest BCUT2D eigenvalue weighted by molar-refractivity contribution is -0.175. The molecule has 174 valence electrons. The molecule has 2 unspecified atom stereocenters. The number of halogens is 3. The highest BCUT2D eigenvalue weighted by molar-refractivity contribution is 5.78. The van der Waals surface area contributed by atoms with Crippen LogP contribution in [-0.2, 0) is 9.53 Å². The quantitative estimate of drug-likeness (QED) is 0.775. The number of hydrogen-bond acceptors (Lipinski definition) is 5. The number of aromatic nitrogens is 2. The maximum atomic E-state index is 13.7. The molecule has 0 radical (unpaired) electrons. The number of alkyl halides is 3. The lowest BCUT2D eigenvalue weighted by Gasteiger charge is -2.42. The highest BCUT2D eigenvalue weighted by Gasteiger charge is 2.48. The van der Waals surface area contributed by atoms with E-state index in [-0.39, 0.29) is 30.2 Å². The molecule has 0 bridgehead atoms. The molecule has 0 saturated carbocycles. The van der Waals surface area contributed by atoms with Crippen LogP contribution < -0.4 is 5.32 Å². The van der Waals surface area contributed by atoms with Gasteiger partial charge in [-0.05, 0) is 32.1 Å². The van der Waals surface area contributed by atoms with E-state index in [0.717, 1.165) is 30.6 Å². The van der Waals surface area contributed by atoms with Gasteiger partial charge in [-0.15, -0.1) is 0 Å². The van der Waals surface area contributed by atoms with Gasteiger partial charge >= 0.3 is 6.18 Å². The van der Waals surface area contributed by atoms with Crippen LogP contribution in [0.15, 0.2) is 6.07 Å². The molecule has 4 rings (SSSR count). The molecule has 4 atom stereocenters. The summed E-state index contributed by atoms with van der Waals surface area (Å²) in [5.74, 6) is 0.366. The van der Waals surface area contributed by atoms with Crippen LogP contribution in [0, 0.1) is 18.8 Å². The topological polar surface area (TPSA) is 62.6 Å². The number of hydrogen-bond donors (Lipinski definition) is 1. The van der Waals surface area contributed by atoms with Crippen LogP contribution in [0.1, 0.15) is 37.9 Å². The standard InChI is InChI=1S/C21H32F3N5O2/c1-14(12-27-6-8-31-9-7-27)20(30)28-5-3-4-16(13-28)17-11-18(21(22,23)24)29-19(25-17)10-15(2)26-29/h10,14,16-18,25H,3-9,11-13H2,1-2H3/t14?,16?,17-,18+/m0/s1. The van der Waals surface area contributed by atoms with Gasteiger partial charge in [-0.3, -0.25) is 9.69 Å². The SMILES string of the molecule is Cc1cc2n(n1)[C@@H](C(F)(F)F)C[C@@H](C1CCCN(C(=O)C(C)CN3CCOCC3)C1)N2. The van der Waals surface area contributed by atoms with Gasteiger partial charge in [-0.25, -0.2) is 4.68 Å². The van der Waals surface area contributed by atoms with E-state index < -0.39 is 12.2 Å². The van der Waals surface area contributed by atoms with E-state index in [9.17, 15) is 18.0 Å². The van der Waals surface area contributed by atoms with Gasteiger partial charge in [0.25, 0.3) is 0 Å². The summed E-state index contributed by atoms with van der Waals surface area (Å²) in [6, 6.07) is -0.296. The number of piperidine rings is 1. The Hall–Kier alpha value is -1.81. The van der Waals surface area contributed by atoms with Gasteiger partial charge in [0.1, 0.15) is 5.82 Å². The summed E-state index contributed by atoms with van der Waals surface area (Å²) < 4.78 is 47.6. The Morgan fingerprint density at radius 3 is 2.77 bits per heavy atom. The maximum absolute atomic E-state index is 13.7. The number of likely N-dealkylation sites (tertiary alicyclic amines) is 1. The predicted molar refractivity (Wildman–Crippen MR) is 110 cm³/mol. The smallest absolute Gasteiger partial charge is 0.379 e. The van der Waals surface area contributed by atoms with Gasteiger partial charge in [-0.1, -0.05) is 6.92 Å². The number of nitrogens with one attached hydrogen (secondary N) is 1. The van der Waals surface area contributed by atoms with E-state index in [4.69, 9.17) is 4.74 Å². The zero-order chi connectivity index (χ0) is 22.2. The van der Waals surface area contributed by atoms with Crippen molar-refractivity contribution in [2.75, 3.05) is 51.3 Å². The molecule has 3 aliphatic heterocycles. The van der Waals surface area contributed by atoms with E-state index >= 15 is 0 Å². The molecule has 2 saturated heterocycles. The monoisotopic (exact) mass is 443 g/mol. The predicted octanol–water partition coefficient (Wildman–Crippen LogP) is 2.69. The minimum Gasteiger partial charge on any atom is -0.379 e. The Bertz CT molecular complexity index is 778. The first-order valence-corrected chi connectivity index (χ1v) is 11.2. The number of rotatable bonds is 4. The summed E-state index contributed by atoms with van der Waals surface area (Å²) in [4.78, 5) is 17.2. The first kappa shape index (κ1) is 22.4. The van der Waals surface area contributed by atoms with Crippen molar-refractivity contribution in [2.45, 2.75) is 51.4 Å². The summed E-state index contributed by atoms with van der Waals surface area (Å²) >= 11 is 0. The van der Waals surface area contributed by atoms with Crippen LogP contribution in [0.2, 0.25) is 0 Å². The Morgan fingerprint density at radius 2 is 2.06 bits per heavy atom. The fourth-order valence-corrected chi connectivity index (χ4v) is 5.13. The molecule has 31 heavy (non-hydrogen) atoms. The summed E-state index contributed by atoms with van der Waals surface area (Å²) in [7, 11) is 0. The molecule has 3 aliphatic rings. The minimum absolute atomic E-state index is 0.0120. The molecule has 7 nitrogen and oxygen atoms in total. The second-order valence-electron chi connectivity index (χ2n) is 9.16. The molecular weight excluding hydrogens is 411 g/mol. The number of anilines is 1. The molecule has 0 spiro atoms. The van der Waals surface area contributed by atoms with Crippen molar-refractivity contribution in [3.8, 4) is 0 Å². The Kier molecular flexibility index (Phi) is 6.48. The van der Waals surface area contributed by atoms with Crippen LogP contribution in [0.5, 0.6) is 0 Å². The second-order valence-corrected chi connectivity index (χ2v) is 9.16. The lowest BCUT2D eigenvalue weighted by Crippen LogP contribution is -2.51. The fourth-order valence-electron chi connectivity index (χ4n) is 5.13. The number of carbonyl (C=O) groups is 1. The third-order valence-corrected chi connectivity index (χ3v) is 6.74. The molecule has 1 aromatic heterocycles. The molecule has 0 aromatic carbocycles. The summed E-state index contributed by atoms with van der Waals surface area (Å²) in [6.07, 6.45) is -2.79. The summed E-state index contributed by atoms with van der Waals surface area (Å²) in [6.45, 7) is 8.56. The van der Waals surface area contributed by atoms with Crippen LogP contribution in [0.25, 0.3) is 0 Å². The van der Waals surface area contributed by atoms with Crippen molar-refractivity contribution in [3.63, 3.8) is 0 Å². The zero-order valence-corrected chi connectivity index (χ0v) is 18.2. The number of amides is 1. The number of aryl methyl sites for hydroxylation is 1. The number of morpholine rings is 1. The first-order chi connectivity index (χ1) is 14.7. The van der Waals surface area contributed by atoms with Crippen molar-refractivity contribution in [1.82, 2.24) is 19.6 Å². The van der Waals surface area contributed by atoms with E-state index in [2.05, 4.69) is 15.3 Å². The average molecular weight is 444 g/mol. The van der Waals surface area contributed by atoms with Gasteiger partial charge in [0, 0.05) is 50.7 Å². The van der Waals surface area contributed by atoms with Crippen molar-refractivity contribution in [3.05, 3.63) is 11.8 Å². The van der Waals surface area contributed by atoms with E-state index in [1.807, 2.05) is 11.8 Å². The van der Waals surface area contributed by atoms with Crippen molar-refractivity contribution in [1.29, 1.82) is 0 Å². The van der Waals surface area contributed by atoms with Crippen LogP contribution >= 0.6 is 0 Å². The third kappa shape index (κ3) is 5.00. The van der Waals surface area contributed by atoms with Gasteiger partial charge in [0.15, 0.2) is 6.04 Å². The molecule has 10 heteroatoms. The molecular formula is C21H32F3N5O2. The normalized spacial score (nSPS) is 28.7. The Morgan fingerprint density at radius 1 is 1.32 bits per heavy atom. The van der Waals surface area contributed by atoms with Gasteiger partial charge < -0.3 is 15.0 Å². The van der Waals surface area contributed by atoms with Crippen molar-refractivity contribution < 1.29 is 22.7 Å². The molecule has 2 fully saturated rings. The maximum Gasteiger partial charge on any atom is 0.410 e. The highest BCUT2D eigenvalue weighted by atomic mass is 19.4. The summed E-state index contributed by atoms with van der Waals surface area (Å²) in [5, 5.41) is 7.34. The molecule has 1 amide bonds. The van der Waals surface area contributed by atoms with E-state index in [1.54, 1.807) is 13.0 Å². The highest BCUT2D eigenvalue weighted by Crippen LogP contribution is 2.42. The van der Waals surface area contributed by atoms with Gasteiger partial charge in [0.2, 0.25) is 5.91 Å². The van der Waals surface area contributed by atoms with Crippen molar-refractivity contribution in [2.24, 2.45) is 11.8 Å². The third-order valence-electron chi connectivity index (χ3n) is 6.74. The minimum atomic E-state index is -4.36. The first-order valence-electron chi connectivity index (χ1n) is 11.2. The van der Waals surface area contributed by atoms with Crippen LogP contribution in [-0.4, -0.2) is 83.6 Å². The fraction of sp³-hybridized carbons (Fsp3) is 0.810. The number of carbonyl (C=O) groups excluding carboxylic acids is 1. The van der Waals surface area contributed by atoms with E-state index in [0.29, 0.717) is 44.4 Å². The molecule has 1 aromatic rings. The molecule has 4 heterocycles. The lowest BCUT2D eigenvalue weighted by atomic mass is 9.85.